The Morgan fingerprint density at radius 2 is 1.54 bits per heavy atom. The van der Waals surface area contributed by atoms with Crippen molar-refractivity contribution in [3.63, 3.8) is 0 Å². The second-order valence-electron chi connectivity index (χ2n) is 4.47. The zero-order valence-electron chi connectivity index (χ0n) is 10.2. The van der Waals surface area contributed by atoms with Gasteiger partial charge in [-0.05, 0) is 28.1 Å². The molecule has 3 heteroatoms. The zero-order valence-corrected chi connectivity index (χ0v) is 10.2. The third kappa shape index (κ3) is 5.24. The monoisotopic (exact) mass is 188 g/mol. The average molecular weight is 188 g/mol. The fraction of sp³-hybridized carbons (Fsp3) is 1.00. The van der Waals surface area contributed by atoms with E-state index in [-0.39, 0.29) is 0 Å². The smallest absolute Gasteiger partial charge is 0.135 e. The molecule has 0 aliphatic heterocycles. The molecule has 0 radical (unpaired) electrons. The number of hydrogen-bond donors (Lipinski definition) is 0. The molecule has 0 rings (SSSR count). The van der Waals surface area contributed by atoms with Gasteiger partial charge in [0.2, 0.25) is 0 Å². The summed E-state index contributed by atoms with van der Waals surface area (Å²) < 4.78 is 1.09. The minimum atomic E-state index is 1.09. The quantitative estimate of drug-likeness (QED) is 0.451. The van der Waals surface area contributed by atoms with Gasteiger partial charge in [0.1, 0.15) is 13.3 Å². The van der Waals surface area contributed by atoms with Crippen molar-refractivity contribution in [3.05, 3.63) is 0 Å². The molecule has 1 atom stereocenters. The first kappa shape index (κ1) is 12.9. The molecule has 3 nitrogen and oxygen atoms in total. The van der Waals surface area contributed by atoms with Crippen LogP contribution < -0.4 is 0 Å². The highest BCUT2D eigenvalue weighted by Gasteiger charge is 2.21. The molecule has 0 aromatic rings. The van der Waals surface area contributed by atoms with E-state index in [0.717, 1.165) is 24.4 Å². The van der Waals surface area contributed by atoms with E-state index in [1.807, 2.05) is 0 Å². The van der Waals surface area contributed by atoms with Gasteiger partial charge in [-0.25, -0.2) is 0 Å². The number of hydrogen-bond acceptors (Lipinski definition) is 2. The minimum Gasteiger partial charge on any atom is -0.301 e. The molecule has 0 N–H and O–H groups in total. The first-order valence-electron chi connectivity index (χ1n) is 5.10. The predicted octanol–water partition coefficient (Wildman–Crippen LogP) is 0.881. The molecule has 0 saturated heterocycles. The van der Waals surface area contributed by atoms with Crippen molar-refractivity contribution in [2.45, 2.75) is 13.8 Å². The topological polar surface area (TPSA) is 6.48 Å². The summed E-state index contributed by atoms with van der Waals surface area (Å²) in [6.45, 7) is 9.01. The van der Waals surface area contributed by atoms with Crippen molar-refractivity contribution in [1.82, 2.24) is 9.80 Å². The third-order valence-corrected chi connectivity index (χ3v) is 2.51. The lowest BCUT2D eigenvalue weighted by Gasteiger charge is -2.38. The molecule has 0 aromatic carbocycles. The Kier molecular flexibility index (Phi) is 5.53. The van der Waals surface area contributed by atoms with Gasteiger partial charge in [0.25, 0.3) is 0 Å². The van der Waals surface area contributed by atoms with Crippen molar-refractivity contribution >= 4 is 0 Å². The van der Waals surface area contributed by atoms with Crippen molar-refractivity contribution in [2.75, 3.05) is 54.6 Å². The molecule has 0 saturated carbocycles. The molecule has 13 heavy (non-hydrogen) atoms. The van der Waals surface area contributed by atoms with E-state index in [2.05, 4.69) is 51.8 Å². The van der Waals surface area contributed by atoms with E-state index in [4.69, 9.17) is 0 Å². The van der Waals surface area contributed by atoms with Gasteiger partial charge in [-0.1, -0.05) is 6.92 Å². The van der Waals surface area contributed by atoms with Crippen LogP contribution in [-0.2, 0) is 0 Å². The minimum absolute atomic E-state index is 1.09. The summed E-state index contributed by atoms with van der Waals surface area (Å²) in [7, 11) is 8.77. The first-order chi connectivity index (χ1) is 5.93. The predicted molar refractivity (Wildman–Crippen MR) is 58.5 cm³/mol. The third-order valence-electron chi connectivity index (χ3n) is 2.51. The fourth-order valence-corrected chi connectivity index (χ4v) is 1.61. The van der Waals surface area contributed by atoms with E-state index < -0.39 is 0 Å². The summed E-state index contributed by atoms with van der Waals surface area (Å²) in [5.74, 6) is 0. The Morgan fingerprint density at radius 1 is 1.00 bits per heavy atom. The van der Waals surface area contributed by atoms with Crippen LogP contribution in [0.4, 0.5) is 0 Å². The second kappa shape index (κ2) is 5.58. The molecule has 0 aromatic heterocycles. The maximum Gasteiger partial charge on any atom is 0.135 e. The van der Waals surface area contributed by atoms with Crippen LogP contribution in [0.2, 0.25) is 0 Å². The van der Waals surface area contributed by atoms with Gasteiger partial charge in [0.05, 0.1) is 13.6 Å². The summed E-state index contributed by atoms with van der Waals surface area (Å²) in [4.78, 5) is 4.62. The molecule has 0 spiro atoms. The van der Waals surface area contributed by atoms with Gasteiger partial charge >= 0.3 is 0 Å². The highest BCUT2D eigenvalue weighted by Crippen LogP contribution is 2.03. The van der Waals surface area contributed by atoms with Crippen molar-refractivity contribution in [1.29, 1.82) is 0 Å². The molecule has 0 aliphatic rings. The van der Waals surface area contributed by atoms with Crippen LogP contribution in [0, 0.1) is 0 Å². The van der Waals surface area contributed by atoms with E-state index in [9.17, 15) is 0 Å². The summed E-state index contributed by atoms with van der Waals surface area (Å²) >= 11 is 0. The van der Waals surface area contributed by atoms with E-state index in [0.29, 0.717) is 0 Å². The van der Waals surface area contributed by atoms with Crippen LogP contribution in [0.15, 0.2) is 0 Å². The standard InChI is InChI=1S/C10H26N3/c1-7-12(5)10-13(6,8-2)9-11(3)4/h7-10H2,1-6H3/q+1. The van der Waals surface area contributed by atoms with E-state index in [1.54, 1.807) is 0 Å². The van der Waals surface area contributed by atoms with Gasteiger partial charge in [-0.15, -0.1) is 0 Å². The Labute approximate surface area is 83.5 Å². The molecule has 0 heterocycles. The van der Waals surface area contributed by atoms with Crippen LogP contribution in [-0.4, -0.2) is 68.9 Å². The molecule has 0 aliphatic carbocycles. The normalized spacial score (nSPS) is 16.6. The van der Waals surface area contributed by atoms with Gasteiger partial charge in [-0.3, -0.25) is 9.80 Å². The molecule has 0 fully saturated rings. The maximum absolute atomic E-state index is 2.37. The van der Waals surface area contributed by atoms with Crippen LogP contribution in [0.25, 0.3) is 0 Å². The molecule has 1 unspecified atom stereocenters. The van der Waals surface area contributed by atoms with Gasteiger partial charge in [-0.2, -0.15) is 0 Å². The van der Waals surface area contributed by atoms with Gasteiger partial charge in [0, 0.05) is 6.54 Å². The first-order valence-corrected chi connectivity index (χ1v) is 5.10. The number of quaternary nitrogens is 1. The van der Waals surface area contributed by atoms with Crippen LogP contribution in [0.3, 0.4) is 0 Å². The van der Waals surface area contributed by atoms with Crippen molar-refractivity contribution in [3.8, 4) is 0 Å². The summed E-state index contributed by atoms with van der Waals surface area (Å²) in [6.07, 6.45) is 0. The van der Waals surface area contributed by atoms with E-state index in [1.165, 1.54) is 6.54 Å². The fourth-order valence-electron chi connectivity index (χ4n) is 1.61. The largest absolute Gasteiger partial charge is 0.301 e. The lowest BCUT2D eigenvalue weighted by Crippen LogP contribution is -2.54. The van der Waals surface area contributed by atoms with Crippen LogP contribution in [0.5, 0.6) is 0 Å². The van der Waals surface area contributed by atoms with Gasteiger partial charge in [0.15, 0.2) is 0 Å². The Hall–Kier alpha value is -0.120. The summed E-state index contributed by atoms with van der Waals surface area (Å²) in [6, 6.07) is 0. The lowest BCUT2D eigenvalue weighted by molar-refractivity contribution is -0.925. The van der Waals surface area contributed by atoms with Gasteiger partial charge < -0.3 is 4.48 Å². The molecular formula is C10H26N3+. The lowest BCUT2D eigenvalue weighted by atomic mass is 10.4. The number of nitrogens with zero attached hydrogens (tertiary/aromatic N) is 3. The van der Waals surface area contributed by atoms with Crippen LogP contribution in [0.1, 0.15) is 13.8 Å². The Morgan fingerprint density at radius 3 is 1.85 bits per heavy atom. The van der Waals surface area contributed by atoms with E-state index >= 15 is 0 Å². The zero-order chi connectivity index (χ0) is 10.5. The van der Waals surface area contributed by atoms with Crippen molar-refractivity contribution in [2.24, 2.45) is 0 Å². The molecule has 0 bridgehead atoms. The SMILES string of the molecule is CCN(C)C[N+](C)(CC)CN(C)C. The highest BCUT2D eigenvalue weighted by molar-refractivity contribution is 4.40. The summed E-state index contributed by atoms with van der Waals surface area (Å²) in [5, 5.41) is 0. The average Bonchev–Trinajstić information content (AvgIpc) is 2.02. The number of rotatable bonds is 6. The second-order valence-corrected chi connectivity index (χ2v) is 4.47. The Balaban J connectivity index is 4.10. The Bertz CT molecular complexity index is 136. The highest BCUT2D eigenvalue weighted by atomic mass is 15.5. The molecule has 80 valence electrons. The van der Waals surface area contributed by atoms with Crippen molar-refractivity contribution < 1.29 is 4.48 Å². The molecular weight excluding hydrogens is 162 g/mol. The maximum atomic E-state index is 2.37. The summed E-state index contributed by atoms with van der Waals surface area (Å²) in [5.41, 5.74) is 0. The van der Waals surface area contributed by atoms with Crippen LogP contribution >= 0.6 is 0 Å². The molecule has 0 amide bonds.